The summed E-state index contributed by atoms with van der Waals surface area (Å²) in [6, 6.07) is 8.03. The average Bonchev–Trinajstić information content (AvgIpc) is 2.36. The van der Waals surface area contributed by atoms with Crippen LogP contribution in [0.2, 0.25) is 0 Å². The molecule has 0 aliphatic rings. The van der Waals surface area contributed by atoms with Gasteiger partial charge >= 0.3 is 0 Å². The number of hydrogen-bond acceptors (Lipinski definition) is 3. The zero-order chi connectivity index (χ0) is 13.4. The van der Waals surface area contributed by atoms with Crippen LogP contribution >= 0.6 is 0 Å². The number of nitrogens with two attached hydrogens (primary N) is 1. The van der Waals surface area contributed by atoms with E-state index in [-0.39, 0.29) is 5.41 Å². The Morgan fingerprint density at radius 2 is 2.06 bits per heavy atom. The highest BCUT2D eigenvalue weighted by Crippen LogP contribution is 2.21. The Hall–Kier alpha value is -1.06. The van der Waals surface area contributed by atoms with Gasteiger partial charge in [-0.2, -0.15) is 0 Å². The third kappa shape index (κ3) is 5.52. The maximum absolute atomic E-state index is 5.74. The van der Waals surface area contributed by atoms with Gasteiger partial charge in [-0.3, -0.25) is 0 Å². The summed E-state index contributed by atoms with van der Waals surface area (Å²) < 4.78 is 10.8. The van der Waals surface area contributed by atoms with Gasteiger partial charge in [-0.05, 0) is 42.5 Å². The van der Waals surface area contributed by atoms with Crippen LogP contribution in [0.3, 0.4) is 0 Å². The van der Waals surface area contributed by atoms with Crippen molar-refractivity contribution in [2.75, 3.05) is 20.3 Å². The Labute approximate surface area is 110 Å². The van der Waals surface area contributed by atoms with Gasteiger partial charge in [0.2, 0.25) is 0 Å². The van der Waals surface area contributed by atoms with Crippen molar-refractivity contribution in [3.63, 3.8) is 0 Å². The quantitative estimate of drug-likeness (QED) is 0.722. The van der Waals surface area contributed by atoms with E-state index in [2.05, 4.69) is 13.8 Å². The second-order valence-electron chi connectivity index (χ2n) is 5.40. The van der Waals surface area contributed by atoms with Crippen LogP contribution < -0.4 is 10.5 Å². The van der Waals surface area contributed by atoms with E-state index >= 15 is 0 Å². The minimum Gasteiger partial charge on any atom is -0.494 e. The molecule has 0 bridgehead atoms. The SMILES string of the molecule is COCc1cccc(OCCCC(C)(C)CN)c1. The first kappa shape index (κ1) is 15.0. The van der Waals surface area contributed by atoms with Crippen molar-refractivity contribution < 1.29 is 9.47 Å². The molecule has 0 amide bonds. The maximum Gasteiger partial charge on any atom is 0.119 e. The normalized spacial score (nSPS) is 11.6. The Kier molecular flexibility index (Phi) is 6.16. The second-order valence-corrected chi connectivity index (χ2v) is 5.40. The molecule has 18 heavy (non-hydrogen) atoms. The van der Waals surface area contributed by atoms with Crippen LogP contribution in [0.15, 0.2) is 24.3 Å². The fourth-order valence-corrected chi connectivity index (χ4v) is 1.73. The molecule has 0 atom stereocenters. The highest BCUT2D eigenvalue weighted by molar-refractivity contribution is 5.28. The van der Waals surface area contributed by atoms with Crippen molar-refractivity contribution in [3.8, 4) is 5.75 Å². The number of benzene rings is 1. The summed E-state index contributed by atoms with van der Waals surface area (Å²) in [4.78, 5) is 0. The fourth-order valence-electron chi connectivity index (χ4n) is 1.73. The Bertz CT molecular complexity index is 350. The molecule has 0 fully saturated rings. The zero-order valence-electron chi connectivity index (χ0n) is 11.7. The Morgan fingerprint density at radius 3 is 2.72 bits per heavy atom. The number of methoxy groups -OCH3 is 1. The van der Waals surface area contributed by atoms with Gasteiger partial charge in [-0.15, -0.1) is 0 Å². The monoisotopic (exact) mass is 251 g/mol. The standard InChI is InChI=1S/C15H25NO2/c1-15(2,12-16)8-5-9-18-14-7-4-6-13(10-14)11-17-3/h4,6-7,10H,5,8-9,11-12,16H2,1-3H3. The van der Waals surface area contributed by atoms with E-state index in [1.807, 2.05) is 24.3 Å². The molecule has 3 heteroatoms. The predicted molar refractivity (Wildman–Crippen MR) is 74.7 cm³/mol. The Balaban J connectivity index is 2.33. The van der Waals surface area contributed by atoms with Crippen molar-refractivity contribution >= 4 is 0 Å². The van der Waals surface area contributed by atoms with Crippen molar-refractivity contribution in [3.05, 3.63) is 29.8 Å². The van der Waals surface area contributed by atoms with E-state index in [0.29, 0.717) is 6.61 Å². The number of hydrogen-bond donors (Lipinski definition) is 1. The van der Waals surface area contributed by atoms with Gasteiger partial charge in [0.25, 0.3) is 0 Å². The van der Waals surface area contributed by atoms with Crippen LogP contribution in [-0.2, 0) is 11.3 Å². The molecule has 3 nitrogen and oxygen atoms in total. The molecule has 1 aromatic carbocycles. The van der Waals surface area contributed by atoms with Crippen LogP contribution in [0.1, 0.15) is 32.3 Å². The van der Waals surface area contributed by atoms with E-state index in [9.17, 15) is 0 Å². The van der Waals surface area contributed by atoms with Crippen LogP contribution in [-0.4, -0.2) is 20.3 Å². The van der Waals surface area contributed by atoms with E-state index in [0.717, 1.165) is 37.3 Å². The number of ether oxygens (including phenoxy) is 2. The summed E-state index contributed by atoms with van der Waals surface area (Å²) in [5.74, 6) is 0.912. The van der Waals surface area contributed by atoms with Crippen molar-refractivity contribution in [1.29, 1.82) is 0 Å². The third-order valence-electron chi connectivity index (χ3n) is 3.03. The van der Waals surface area contributed by atoms with Gasteiger partial charge in [-0.1, -0.05) is 26.0 Å². The smallest absolute Gasteiger partial charge is 0.119 e. The summed E-state index contributed by atoms with van der Waals surface area (Å²) >= 11 is 0. The summed E-state index contributed by atoms with van der Waals surface area (Å²) in [5, 5.41) is 0. The molecular weight excluding hydrogens is 226 g/mol. The second kappa shape index (κ2) is 7.39. The summed E-state index contributed by atoms with van der Waals surface area (Å²) in [7, 11) is 1.70. The lowest BCUT2D eigenvalue weighted by molar-refractivity contribution is 0.184. The van der Waals surface area contributed by atoms with E-state index in [4.69, 9.17) is 15.2 Å². The molecule has 0 radical (unpaired) electrons. The minimum absolute atomic E-state index is 0.210. The molecule has 0 heterocycles. The van der Waals surface area contributed by atoms with E-state index in [1.54, 1.807) is 7.11 Å². The van der Waals surface area contributed by atoms with Crippen LogP contribution in [0.5, 0.6) is 5.75 Å². The molecular formula is C15H25NO2. The molecule has 0 saturated carbocycles. The average molecular weight is 251 g/mol. The first-order valence-electron chi connectivity index (χ1n) is 6.48. The largest absolute Gasteiger partial charge is 0.494 e. The molecule has 102 valence electrons. The highest BCUT2D eigenvalue weighted by atomic mass is 16.5. The van der Waals surface area contributed by atoms with Gasteiger partial charge in [-0.25, -0.2) is 0 Å². The molecule has 0 spiro atoms. The first-order valence-corrected chi connectivity index (χ1v) is 6.48. The molecule has 0 aliphatic carbocycles. The summed E-state index contributed by atoms with van der Waals surface area (Å²) in [6.07, 6.45) is 2.11. The molecule has 0 aliphatic heterocycles. The van der Waals surface area contributed by atoms with E-state index in [1.165, 1.54) is 0 Å². The highest BCUT2D eigenvalue weighted by Gasteiger charge is 2.14. The van der Waals surface area contributed by atoms with Gasteiger partial charge in [0, 0.05) is 7.11 Å². The van der Waals surface area contributed by atoms with Gasteiger partial charge in [0.15, 0.2) is 0 Å². The van der Waals surface area contributed by atoms with E-state index < -0.39 is 0 Å². The number of rotatable bonds is 8. The molecule has 0 unspecified atom stereocenters. The lowest BCUT2D eigenvalue weighted by atomic mass is 9.88. The van der Waals surface area contributed by atoms with Crippen LogP contribution in [0.25, 0.3) is 0 Å². The molecule has 0 saturated heterocycles. The van der Waals surface area contributed by atoms with Gasteiger partial charge < -0.3 is 15.2 Å². The minimum atomic E-state index is 0.210. The molecule has 2 N–H and O–H groups in total. The molecule has 1 aromatic rings. The summed E-state index contributed by atoms with van der Waals surface area (Å²) in [6.45, 7) is 6.45. The third-order valence-corrected chi connectivity index (χ3v) is 3.03. The van der Waals surface area contributed by atoms with Crippen LogP contribution in [0, 0.1) is 5.41 Å². The van der Waals surface area contributed by atoms with Gasteiger partial charge in [0.1, 0.15) is 5.75 Å². The first-order chi connectivity index (χ1) is 8.57. The topological polar surface area (TPSA) is 44.5 Å². The van der Waals surface area contributed by atoms with Crippen LogP contribution in [0.4, 0.5) is 0 Å². The molecule has 0 aromatic heterocycles. The van der Waals surface area contributed by atoms with Crippen molar-refractivity contribution in [2.24, 2.45) is 11.1 Å². The molecule has 1 rings (SSSR count). The van der Waals surface area contributed by atoms with Crippen molar-refractivity contribution in [1.82, 2.24) is 0 Å². The summed E-state index contributed by atoms with van der Waals surface area (Å²) in [5.41, 5.74) is 7.04. The zero-order valence-corrected chi connectivity index (χ0v) is 11.7. The Morgan fingerprint density at radius 1 is 1.28 bits per heavy atom. The lowest BCUT2D eigenvalue weighted by Crippen LogP contribution is -2.23. The lowest BCUT2D eigenvalue weighted by Gasteiger charge is -2.21. The predicted octanol–water partition coefficient (Wildman–Crippen LogP) is 2.98. The fraction of sp³-hybridized carbons (Fsp3) is 0.600. The maximum atomic E-state index is 5.74. The van der Waals surface area contributed by atoms with Gasteiger partial charge in [0.05, 0.1) is 13.2 Å². The van der Waals surface area contributed by atoms with Crippen molar-refractivity contribution in [2.45, 2.75) is 33.3 Å².